The van der Waals surface area contributed by atoms with Crippen LogP contribution >= 0.6 is 0 Å². The zero-order valence-corrected chi connectivity index (χ0v) is 16.1. The number of amides is 2. The summed E-state index contributed by atoms with van der Waals surface area (Å²) in [7, 11) is 0. The Morgan fingerprint density at radius 1 is 0.964 bits per heavy atom. The molecule has 0 bridgehead atoms. The number of ketones is 1. The van der Waals surface area contributed by atoms with Crippen LogP contribution in [-0.2, 0) is 0 Å². The Hall–Kier alpha value is -3.06. The van der Waals surface area contributed by atoms with E-state index in [9.17, 15) is 14.4 Å². The summed E-state index contributed by atoms with van der Waals surface area (Å²) in [6, 6.07) is 8.23. The van der Waals surface area contributed by atoms with Gasteiger partial charge < -0.3 is 15.1 Å². The van der Waals surface area contributed by atoms with Gasteiger partial charge in [0.1, 0.15) is 0 Å². The molecule has 1 aromatic carbocycles. The predicted molar refractivity (Wildman–Crippen MR) is 107 cm³/mol. The summed E-state index contributed by atoms with van der Waals surface area (Å²) in [5, 5.41) is 2.76. The van der Waals surface area contributed by atoms with Gasteiger partial charge in [0, 0.05) is 49.8 Å². The number of hydrogen-bond acceptors (Lipinski definition) is 5. The highest BCUT2D eigenvalue weighted by atomic mass is 16.2. The van der Waals surface area contributed by atoms with Crippen molar-refractivity contribution in [3.05, 3.63) is 59.4 Å². The SMILES string of the molecule is CCN1CCN(C(=O)c2cncc(C(=O)Nc3ccc(C(C)=O)cc3)c2)CC1. The van der Waals surface area contributed by atoms with Crippen LogP contribution in [0.25, 0.3) is 0 Å². The summed E-state index contributed by atoms with van der Waals surface area (Å²) in [5.41, 5.74) is 1.87. The van der Waals surface area contributed by atoms with Crippen molar-refractivity contribution in [2.24, 2.45) is 0 Å². The molecule has 2 amide bonds. The number of nitrogens with one attached hydrogen (secondary N) is 1. The van der Waals surface area contributed by atoms with E-state index >= 15 is 0 Å². The number of anilines is 1. The van der Waals surface area contributed by atoms with Crippen molar-refractivity contribution >= 4 is 23.3 Å². The second-order valence-corrected chi connectivity index (χ2v) is 6.78. The summed E-state index contributed by atoms with van der Waals surface area (Å²) in [4.78, 5) is 44.7. The molecular weight excluding hydrogens is 356 g/mol. The number of nitrogens with zero attached hydrogens (tertiary/aromatic N) is 3. The molecule has 0 saturated carbocycles. The van der Waals surface area contributed by atoms with Crippen LogP contribution in [0.1, 0.15) is 44.9 Å². The van der Waals surface area contributed by atoms with E-state index in [0.717, 1.165) is 19.6 Å². The first-order chi connectivity index (χ1) is 13.5. The van der Waals surface area contributed by atoms with Crippen molar-refractivity contribution < 1.29 is 14.4 Å². The third-order valence-electron chi connectivity index (χ3n) is 4.90. The lowest BCUT2D eigenvalue weighted by molar-refractivity contribution is 0.0643. The minimum Gasteiger partial charge on any atom is -0.336 e. The largest absolute Gasteiger partial charge is 0.336 e. The molecule has 2 heterocycles. The summed E-state index contributed by atoms with van der Waals surface area (Å²) in [6.07, 6.45) is 2.93. The van der Waals surface area contributed by atoms with E-state index in [0.29, 0.717) is 35.5 Å². The molecule has 3 rings (SSSR count). The Morgan fingerprint density at radius 3 is 2.21 bits per heavy atom. The van der Waals surface area contributed by atoms with Gasteiger partial charge in [0.25, 0.3) is 11.8 Å². The average molecular weight is 380 g/mol. The molecule has 0 atom stereocenters. The van der Waals surface area contributed by atoms with Crippen LogP contribution in [0.5, 0.6) is 0 Å². The second-order valence-electron chi connectivity index (χ2n) is 6.78. The number of carbonyl (C=O) groups excluding carboxylic acids is 3. The maximum absolute atomic E-state index is 12.7. The Morgan fingerprint density at radius 2 is 1.61 bits per heavy atom. The molecule has 1 N–H and O–H groups in total. The third kappa shape index (κ3) is 4.61. The number of hydrogen-bond donors (Lipinski definition) is 1. The molecule has 7 heteroatoms. The summed E-state index contributed by atoms with van der Waals surface area (Å²) in [6.45, 7) is 7.63. The minimum atomic E-state index is -0.353. The maximum atomic E-state index is 12.7. The quantitative estimate of drug-likeness (QED) is 0.805. The van der Waals surface area contributed by atoms with Gasteiger partial charge >= 0.3 is 0 Å². The van der Waals surface area contributed by atoms with E-state index < -0.39 is 0 Å². The fraction of sp³-hybridized carbons (Fsp3) is 0.333. The van der Waals surface area contributed by atoms with Gasteiger partial charge in [-0.2, -0.15) is 0 Å². The van der Waals surface area contributed by atoms with E-state index in [1.54, 1.807) is 35.2 Å². The molecule has 1 fully saturated rings. The molecule has 1 aliphatic heterocycles. The third-order valence-corrected chi connectivity index (χ3v) is 4.90. The summed E-state index contributed by atoms with van der Waals surface area (Å²) < 4.78 is 0. The molecule has 7 nitrogen and oxygen atoms in total. The number of Topliss-reactive ketones (excluding diaryl/α,β-unsaturated/α-hetero) is 1. The molecule has 2 aromatic rings. The van der Waals surface area contributed by atoms with Crippen LogP contribution in [0, 0.1) is 0 Å². The van der Waals surface area contributed by atoms with Crippen LogP contribution < -0.4 is 5.32 Å². The minimum absolute atomic E-state index is 0.0342. The molecule has 0 aliphatic carbocycles. The molecule has 0 spiro atoms. The van der Waals surface area contributed by atoms with Crippen LogP contribution in [0.3, 0.4) is 0 Å². The average Bonchev–Trinajstić information content (AvgIpc) is 2.73. The zero-order chi connectivity index (χ0) is 20.1. The maximum Gasteiger partial charge on any atom is 0.257 e. The van der Waals surface area contributed by atoms with Gasteiger partial charge in [0.2, 0.25) is 0 Å². The first-order valence-electron chi connectivity index (χ1n) is 9.37. The fourth-order valence-corrected chi connectivity index (χ4v) is 3.12. The monoisotopic (exact) mass is 380 g/mol. The molecule has 1 saturated heterocycles. The topological polar surface area (TPSA) is 82.6 Å². The standard InChI is InChI=1S/C21H24N4O3/c1-3-24-8-10-25(11-9-24)21(28)18-12-17(13-22-14-18)20(27)23-19-6-4-16(5-7-19)15(2)26/h4-7,12-14H,3,8-11H2,1-2H3,(H,23,27). The molecular formula is C21H24N4O3. The lowest BCUT2D eigenvalue weighted by atomic mass is 10.1. The van der Waals surface area contributed by atoms with Gasteiger partial charge in [-0.3, -0.25) is 19.4 Å². The lowest BCUT2D eigenvalue weighted by Crippen LogP contribution is -2.48. The number of rotatable bonds is 5. The van der Waals surface area contributed by atoms with E-state index in [1.165, 1.54) is 19.3 Å². The van der Waals surface area contributed by atoms with Crippen LogP contribution in [0.2, 0.25) is 0 Å². The van der Waals surface area contributed by atoms with Crippen LogP contribution in [-0.4, -0.2) is 65.1 Å². The molecule has 28 heavy (non-hydrogen) atoms. The Bertz CT molecular complexity index is 871. The number of pyridine rings is 1. The normalized spacial score (nSPS) is 14.6. The Balaban J connectivity index is 1.67. The van der Waals surface area contributed by atoms with E-state index in [4.69, 9.17) is 0 Å². The van der Waals surface area contributed by atoms with Gasteiger partial charge in [0.15, 0.2) is 5.78 Å². The van der Waals surface area contributed by atoms with Crippen LogP contribution in [0.4, 0.5) is 5.69 Å². The van der Waals surface area contributed by atoms with Crippen molar-refractivity contribution in [3.63, 3.8) is 0 Å². The number of likely N-dealkylation sites (N-methyl/N-ethyl adjacent to an activating group) is 1. The zero-order valence-electron chi connectivity index (χ0n) is 16.1. The second kappa shape index (κ2) is 8.75. The number of piperazine rings is 1. The Kier molecular flexibility index (Phi) is 6.16. The molecule has 0 unspecified atom stereocenters. The van der Waals surface area contributed by atoms with Crippen molar-refractivity contribution in [2.75, 3.05) is 38.0 Å². The lowest BCUT2D eigenvalue weighted by Gasteiger charge is -2.34. The molecule has 1 aromatic heterocycles. The number of aromatic nitrogens is 1. The van der Waals surface area contributed by atoms with Crippen molar-refractivity contribution in [2.45, 2.75) is 13.8 Å². The van der Waals surface area contributed by atoms with Gasteiger partial charge in [-0.1, -0.05) is 6.92 Å². The fourth-order valence-electron chi connectivity index (χ4n) is 3.12. The smallest absolute Gasteiger partial charge is 0.257 e. The van der Waals surface area contributed by atoms with Crippen molar-refractivity contribution in [1.82, 2.24) is 14.8 Å². The van der Waals surface area contributed by atoms with E-state index in [1.807, 2.05) is 0 Å². The summed E-state index contributed by atoms with van der Waals surface area (Å²) in [5.74, 6) is -0.495. The van der Waals surface area contributed by atoms with Crippen molar-refractivity contribution in [1.29, 1.82) is 0 Å². The first-order valence-corrected chi connectivity index (χ1v) is 9.37. The van der Waals surface area contributed by atoms with Crippen LogP contribution in [0.15, 0.2) is 42.7 Å². The highest BCUT2D eigenvalue weighted by Crippen LogP contribution is 2.14. The van der Waals surface area contributed by atoms with E-state index in [2.05, 4.69) is 22.1 Å². The Labute approximate surface area is 164 Å². The van der Waals surface area contributed by atoms with Gasteiger partial charge in [-0.15, -0.1) is 0 Å². The highest BCUT2D eigenvalue weighted by Gasteiger charge is 2.22. The predicted octanol–water partition coefficient (Wildman–Crippen LogP) is 2.31. The van der Waals surface area contributed by atoms with Gasteiger partial charge in [-0.25, -0.2) is 0 Å². The summed E-state index contributed by atoms with van der Waals surface area (Å²) >= 11 is 0. The van der Waals surface area contributed by atoms with Crippen molar-refractivity contribution in [3.8, 4) is 0 Å². The molecule has 146 valence electrons. The number of carbonyl (C=O) groups is 3. The molecule has 1 aliphatic rings. The molecule has 0 radical (unpaired) electrons. The highest BCUT2D eigenvalue weighted by molar-refractivity contribution is 6.06. The van der Waals surface area contributed by atoms with E-state index in [-0.39, 0.29) is 17.6 Å². The van der Waals surface area contributed by atoms with Gasteiger partial charge in [-0.05, 0) is 43.8 Å². The number of benzene rings is 1. The van der Waals surface area contributed by atoms with Gasteiger partial charge in [0.05, 0.1) is 11.1 Å². The first kappa shape index (κ1) is 19.7.